The largest absolute Gasteiger partial charge is 0.382 e. The van der Waals surface area contributed by atoms with E-state index in [4.69, 9.17) is 28.9 Å². The predicted molar refractivity (Wildman–Crippen MR) is 130 cm³/mol. The van der Waals surface area contributed by atoms with Crippen LogP contribution >= 0.6 is 23.2 Å². The van der Waals surface area contributed by atoms with Gasteiger partial charge in [-0.15, -0.1) is 0 Å². The van der Waals surface area contributed by atoms with Gasteiger partial charge in [-0.2, -0.15) is 5.10 Å². The number of urea groups is 1. The van der Waals surface area contributed by atoms with Crippen LogP contribution in [0.1, 0.15) is 41.4 Å². The Hall–Kier alpha value is -3.62. The van der Waals surface area contributed by atoms with E-state index >= 15 is 0 Å². The van der Waals surface area contributed by atoms with E-state index < -0.39 is 6.03 Å². The summed E-state index contributed by atoms with van der Waals surface area (Å²) in [6, 6.07) is 12.6. The Balaban J connectivity index is 1.60. The molecule has 0 radical (unpaired) electrons. The zero-order chi connectivity index (χ0) is 23.7. The SMILES string of the molecule is CC(C)c1cc(C(=O)c2cccc(NC(=O)Nc3cc(Cl)cc(Cl)c3)c2)c2c(N)ncnn12. The quantitative estimate of drug-likeness (QED) is 0.319. The fourth-order valence-corrected chi connectivity index (χ4v) is 4.02. The molecule has 0 bridgehead atoms. The zero-order valence-corrected chi connectivity index (χ0v) is 19.3. The average molecular weight is 483 g/mol. The van der Waals surface area contributed by atoms with Crippen LogP contribution in [0.5, 0.6) is 0 Å². The van der Waals surface area contributed by atoms with Crippen molar-refractivity contribution in [1.29, 1.82) is 0 Å². The number of nitrogens with zero attached hydrogens (tertiary/aromatic N) is 3. The average Bonchev–Trinajstić information content (AvgIpc) is 3.14. The molecule has 4 rings (SSSR count). The lowest BCUT2D eigenvalue weighted by Crippen LogP contribution is -2.19. The van der Waals surface area contributed by atoms with Gasteiger partial charge in [0.05, 0.1) is 5.56 Å². The number of amides is 2. The first-order valence-corrected chi connectivity index (χ1v) is 10.8. The molecule has 4 N–H and O–H groups in total. The summed E-state index contributed by atoms with van der Waals surface area (Å²) in [5.41, 5.74) is 9.02. The maximum absolute atomic E-state index is 13.4. The van der Waals surface area contributed by atoms with Crippen LogP contribution in [0.25, 0.3) is 5.52 Å². The summed E-state index contributed by atoms with van der Waals surface area (Å²) in [6.07, 6.45) is 1.36. The molecule has 2 amide bonds. The molecule has 2 heterocycles. The Kier molecular flexibility index (Phi) is 6.22. The number of fused-ring (bicyclic) bond motifs is 1. The van der Waals surface area contributed by atoms with E-state index in [1.165, 1.54) is 6.33 Å². The standard InChI is InChI=1S/C23H20Cl2N6O2/c1-12(2)19-10-18(20-22(26)27-11-28-31(19)20)21(32)13-4-3-5-16(6-13)29-23(33)30-17-8-14(24)7-15(25)9-17/h3-12H,1-2H3,(H2,26,27,28)(H2,29,30,33). The number of benzene rings is 2. The lowest BCUT2D eigenvalue weighted by atomic mass is 10.0. The fraction of sp³-hybridized carbons (Fsp3) is 0.130. The molecule has 2 aromatic heterocycles. The molecule has 0 saturated heterocycles. The molecular formula is C23H20Cl2N6O2. The van der Waals surface area contributed by atoms with E-state index in [-0.39, 0.29) is 17.5 Å². The van der Waals surface area contributed by atoms with Crippen molar-refractivity contribution in [2.75, 3.05) is 16.4 Å². The monoisotopic (exact) mass is 482 g/mol. The van der Waals surface area contributed by atoms with Gasteiger partial charge in [0.2, 0.25) is 0 Å². The number of anilines is 3. The molecule has 0 saturated carbocycles. The first-order chi connectivity index (χ1) is 15.7. The van der Waals surface area contributed by atoms with Crippen molar-refractivity contribution in [1.82, 2.24) is 14.6 Å². The van der Waals surface area contributed by atoms with E-state index in [1.807, 2.05) is 13.8 Å². The van der Waals surface area contributed by atoms with E-state index in [2.05, 4.69) is 20.7 Å². The summed E-state index contributed by atoms with van der Waals surface area (Å²) in [7, 11) is 0. The Bertz CT molecular complexity index is 1360. The normalized spacial score (nSPS) is 11.1. The molecule has 0 aliphatic rings. The number of nitrogen functional groups attached to an aromatic ring is 1. The summed E-state index contributed by atoms with van der Waals surface area (Å²) < 4.78 is 1.64. The third-order valence-corrected chi connectivity index (χ3v) is 5.39. The van der Waals surface area contributed by atoms with Gasteiger partial charge in [0.25, 0.3) is 0 Å². The highest BCUT2D eigenvalue weighted by Gasteiger charge is 2.22. The van der Waals surface area contributed by atoms with Gasteiger partial charge < -0.3 is 16.4 Å². The van der Waals surface area contributed by atoms with Gasteiger partial charge in [-0.1, -0.05) is 49.2 Å². The number of nitrogens with one attached hydrogen (secondary N) is 2. The smallest absolute Gasteiger partial charge is 0.323 e. The van der Waals surface area contributed by atoms with Crippen molar-refractivity contribution < 1.29 is 9.59 Å². The molecule has 168 valence electrons. The minimum atomic E-state index is -0.507. The van der Waals surface area contributed by atoms with Crippen LogP contribution < -0.4 is 16.4 Å². The van der Waals surface area contributed by atoms with Gasteiger partial charge in [-0.3, -0.25) is 4.79 Å². The van der Waals surface area contributed by atoms with Crippen LogP contribution in [0.15, 0.2) is 54.9 Å². The Labute approximate surface area is 199 Å². The van der Waals surface area contributed by atoms with Crippen LogP contribution in [0.2, 0.25) is 10.0 Å². The zero-order valence-electron chi connectivity index (χ0n) is 17.8. The van der Waals surface area contributed by atoms with Gasteiger partial charge in [-0.25, -0.2) is 14.3 Å². The van der Waals surface area contributed by atoms with Gasteiger partial charge in [0.15, 0.2) is 11.6 Å². The maximum atomic E-state index is 13.4. The second-order valence-corrected chi connectivity index (χ2v) is 8.56. The Morgan fingerprint density at radius 1 is 1.00 bits per heavy atom. The van der Waals surface area contributed by atoms with Crippen molar-refractivity contribution in [3.05, 3.63) is 81.7 Å². The lowest BCUT2D eigenvalue weighted by molar-refractivity contribution is 0.104. The number of ketones is 1. The second-order valence-electron chi connectivity index (χ2n) is 7.69. The molecule has 33 heavy (non-hydrogen) atoms. The Morgan fingerprint density at radius 3 is 2.39 bits per heavy atom. The van der Waals surface area contributed by atoms with Crippen molar-refractivity contribution in [3.63, 3.8) is 0 Å². The number of carbonyl (C=O) groups is 2. The summed E-state index contributed by atoms with van der Waals surface area (Å²) in [5, 5.41) is 10.4. The molecule has 8 nitrogen and oxygen atoms in total. The number of aromatic nitrogens is 3. The number of hydrogen-bond donors (Lipinski definition) is 3. The van der Waals surface area contributed by atoms with E-state index in [0.29, 0.717) is 38.1 Å². The van der Waals surface area contributed by atoms with E-state index in [1.54, 1.807) is 53.0 Å². The highest BCUT2D eigenvalue weighted by Crippen LogP contribution is 2.28. The molecule has 0 atom stereocenters. The molecule has 2 aromatic carbocycles. The van der Waals surface area contributed by atoms with Crippen LogP contribution in [-0.2, 0) is 0 Å². The minimum Gasteiger partial charge on any atom is -0.382 e. The Morgan fingerprint density at radius 2 is 1.70 bits per heavy atom. The molecular weight excluding hydrogens is 463 g/mol. The van der Waals surface area contributed by atoms with Gasteiger partial charge in [0, 0.05) is 32.7 Å². The summed E-state index contributed by atoms with van der Waals surface area (Å²) in [6.45, 7) is 4.01. The summed E-state index contributed by atoms with van der Waals surface area (Å²) in [5.74, 6) is 0.0747. The van der Waals surface area contributed by atoms with Gasteiger partial charge in [-0.05, 0) is 42.3 Å². The topological polar surface area (TPSA) is 114 Å². The lowest BCUT2D eigenvalue weighted by Gasteiger charge is -2.09. The molecule has 0 aliphatic heterocycles. The molecule has 4 aromatic rings. The third kappa shape index (κ3) is 4.76. The van der Waals surface area contributed by atoms with Crippen molar-refractivity contribution >= 4 is 57.7 Å². The summed E-state index contributed by atoms with van der Waals surface area (Å²) in [4.78, 5) is 29.8. The molecule has 0 aliphatic carbocycles. The number of rotatable bonds is 5. The minimum absolute atomic E-state index is 0.116. The molecule has 0 fully saturated rings. The van der Waals surface area contributed by atoms with Gasteiger partial charge >= 0.3 is 6.03 Å². The van der Waals surface area contributed by atoms with Crippen molar-refractivity contribution in [2.24, 2.45) is 0 Å². The van der Waals surface area contributed by atoms with E-state index in [0.717, 1.165) is 5.69 Å². The van der Waals surface area contributed by atoms with Crippen LogP contribution in [0.4, 0.5) is 22.0 Å². The number of nitrogens with two attached hydrogens (primary N) is 1. The number of carbonyl (C=O) groups excluding carboxylic acids is 2. The second kappa shape index (κ2) is 9.09. The van der Waals surface area contributed by atoms with Crippen LogP contribution in [0.3, 0.4) is 0 Å². The van der Waals surface area contributed by atoms with E-state index in [9.17, 15) is 9.59 Å². The van der Waals surface area contributed by atoms with Crippen molar-refractivity contribution in [2.45, 2.75) is 19.8 Å². The predicted octanol–water partition coefficient (Wildman–Crippen LogP) is 5.62. The highest BCUT2D eigenvalue weighted by molar-refractivity contribution is 6.35. The maximum Gasteiger partial charge on any atom is 0.323 e. The number of halogens is 2. The van der Waals surface area contributed by atoms with Crippen LogP contribution in [-0.4, -0.2) is 26.4 Å². The highest BCUT2D eigenvalue weighted by atomic mass is 35.5. The third-order valence-electron chi connectivity index (χ3n) is 4.95. The first-order valence-electron chi connectivity index (χ1n) is 10.0. The molecule has 0 spiro atoms. The fourth-order valence-electron chi connectivity index (χ4n) is 3.49. The molecule has 0 unspecified atom stereocenters. The summed E-state index contributed by atoms with van der Waals surface area (Å²) >= 11 is 11.9. The van der Waals surface area contributed by atoms with Crippen molar-refractivity contribution in [3.8, 4) is 0 Å². The van der Waals surface area contributed by atoms with Gasteiger partial charge in [0.1, 0.15) is 11.8 Å². The molecule has 10 heteroatoms. The van der Waals surface area contributed by atoms with Crippen LogP contribution in [0, 0.1) is 0 Å². The first kappa shape index (κ1) is 22.6. The number of hydrogen-bond acceptors (Lipinski definition) is 5.